The highest BCUT2D eigenvalue weighted by atomic mass is 16.5. The van der Waals surface area contributed by atoms with Crippen LogP contribution in [0.15, 0.2) is 18.2 Å². The summed E-state index contributed by atoms with van der Waals surface area (Å²) in [5.74, 6) is 2.39. The monoisotopic (exact) mass is 264 g/mol. The van der Waals surface area contributed by atoms with Crippen molar-refractivity contribution in [1.82, 2.24) is 0 Å². The molecule has 0 heterocycles. The van der Waals surface area contributed by atoms with Crippen LogP contribution in [0.5, 0.6) is 17.2 Å². The quantitative estimate of drug-likeness (QED) is 0.798. The van der Waals surface area contributed by atoms with Crippen molar-refractivity contribution in [2.45, 2.75) is 65.3 Å². The van der Waals surface area contributed by atoms with Gasteiger partial charge in [0.05, 0.1) is 12.2 Å². The van der Waals surface area contributed by atoms with Crippen molar-refractivity contribution in [3.8, 4) is 17.2 Å². The molecule has 106 valence electrons. The van der Waals surface area contributed by atoms with Crippen molar-refractivity contribution < 1.29 is 14.2 Å². The SMILES string of the molecule is CC(C)Oc1ccc(OC2CC2)c(OC(C)(C)C)c1. The maximum absolute atomic E-state index is 5.98. The fourth-order valence-electron chi connectivity index (χ4n) is 1.71. The van der Waals surface area contributed by atoms with Gasteiger partial charge in [0.2, 0.25) is 0 Å². The molecule has 0 saturated heterocycles. The first kappa shape index (κ1) is 14.0. The fraction of sp³-hybridized carbons (Fsp3) is 0.625. The normalized spacial score (nSPS) is 15.5. The standard InChI is InChI=1S/C16H24O3/c1-11(2)17-13-8-9-14(18-12-6-7-12)15(10-13)19-16(3,4)5/h8-12H,6-7H2,1-5H3. The van der Waals surface area contributed by atoms with Crippen LogP contribution in [0.4, 0.5) is 0 Å². The highest BCUT2D eigenvalue weighted by Crippen LogP contribution is 2.38. The molecular weight excluding hydrogens is 240 g/mol. The van der Waals surface area contributed by atoms with E-state index in [2.05, 4.69) is 0 Å². The third-order valence-electron chi connectivity index (χ3n) is 2.52. The van der Waals surface area contributed by atoms with Gasteiger partial charge in [-0.25, -0.2) is 0 Å². The lowest BCUT2D eigenvalue weighted by molar-refractivity contribution is 0.121. The Hall–Kier alpha value is -1.38. The number of ether oxygens (including phenoxy) is 3. The molecule has 1 aliphatic carbocycles. The number of benzene rings is 1. The summed E-state index contributed by atoms with van der Waals surface area (Å²) in [5.41, 5.74) is -0.252. The first-order valence-electron chi connectivity index (χ1n) is 7.00. The van der Waals surface area contributed by atoms with Gasteiger partial charge in [-0.15, -0.1) is 0 Å². The summed E-state index contributed by atoms with van der Waals surface area (Å²) in [6.45, 7) is 10.1. The molecular formula is C16H24O3. The van der Waals surface area contributed by atoms with Crippen LogP contribution in [-0.4, -0.2) is 17.8 Å². The lowest BCUT2D eigenvalue weighted by Crippen LogP contribution is -2.23. The van der Waals surface area contributed by atoms with E-state index >= 15 is 0 Å². The topological polar surface area (TPSA) is 27.7 Å². The Labute approximate surface area is 115 Å². The highest BCUT2D eigenvalue weighted by molar-refractivity contribution is 5.46. The van der Waals surface area contributed by atoms with Crippen LogP contribution >= 0.6 is 0 Å². The zero-order valence-electron chi connectivity index (χ0n) is 12.5. The summed E-state index contributed by atoms with van der Waals surface area (Å²) >= 11 is 0. The van der Waals surface area contributed by atoms with E-state index in [9.17, 15) is 0 Å². The van der Waals surface area contributed by atoms with Crippen LogP contribution in [0.1, 0.15) is 47.5 Å². The molecule has 0 aliphatic heterocycles. The second-order valence-corrected chi connectivity index (χ2v) is 6.31. The van der Waals surface area contributed by atoms with E-state index in [-0.39, 0.29) is 11.7 Å². The van der Waals surface area contributed by atoms with Crippen LogP contribution in [0.3, 0.4) is 0 Å². The van der Waals surface area contributed by atoms with Crippen molar-refractivity contribution in [3.05, 3.63) is 18.2 Å². The Morgan fingerprint density at radius 1 is 1.11 bits per heavy atom. The van der Waals surface area contributed by atoms with Crippen molar-refractivity contribution in [2.75, 3.05) is 0 Å². The van der Waals surface area contributed by atoms with Crippen molar-refractivity contribution in [1.29, 1.82) is 0 Å². The van der Waals surface area contributed by atoms with Gasteiger partial charge in [-0.1, -0.05) is 0 Å². The number of hydrogen-bond donors (Lipinski definition) is 0. The molecule has 2 rings (SSSR count). The molecule has 19 heavy (non-hydrogen) atoms. The van der Waals surface area contributed by atoms with Gasteiger partial charge in [-0.2, -0.15) is 0 Å². The Morgan fingerprint density at radius 2 is 1.79 bits per heavy atom. The molecule has 0 amide bonds. The summed E-state index contributed by atoms with van der Waals surface area (Å²) in [5, 5.41) is 0. The third-order valence-corrected chi connectivity index (χ3v) is 2.52. The average molecular weight is 264 g/mol. The summed E-state index contributed by atoms with van der Waals surface area (Å²) in [4.78, 5) is 0. The lowest BCUT2D eigenvalue weighted by Gasteiger charge is -2.24. The van der Waals surface area contributed by atoms with Crippen LogP contribution in [-0.2, 0) is 0 Å². The minimum absolute atomic E-state index is 0.151. The number of rotatable bonds is 5. The first-order chi connectivity index (χ1) is 8.83. The Kier molecular flexibility index (Phi) is 3.93. The van der Waals surface area contributed by atoms with E-state index < -0.39 is 0 Å². The van der Waals surface area contributed by atoms with Crippen molar-refractivity contribution in [2.24, 2.45) is 0 Å². The zero-order valence-corrected chi connectivity index (χ0v) is 12.5. The number of hydrogen-bond acceptors (Lipinski definition) is 3. The van der Waals surface area contributed by atoms with E-state index in [0.717, 1.165) is 30.1 Å². The van der Waals surface area contributed by atoms with Gasteiger partial charge in [0.15, 0.2) is 11.5 Å². The summed E-state index contributed by atoms with van der Waals surface area (Å²) in [6, 6.07) is 5.80. The second-order valence-electron chi connectivity index (χ2n) is 6.31. The van der Waals surface area contributed by atoms with Gasteiger partial charge in [-0.3, -0.25) is 0 Å². The first-order valence-corrected chi connectivity index (χ1v) is 7.00. The largest absolute Gasteiger partial charge is 0.491 e. The second kappa shape index (κ2) is 5.32. The molecule has 1 saturated carbocycles. The molecule has 3 nitrogen and oxygen atoms in total. The van der Waals surface area contributed by atoms with Gasteiger partial charge in [0.1, 0.15) is 11.4 Å². The van der Waals surface area contributed by atoms with E-state index in [1.807, 2.05) is 52.8 Å². The lowest BCUT2D eigenvalue weighted by atomic mass is 10.2. The fourth-order valence-corrected chi connectivity index (χ4v) is 1.71. The Bertz CT molecular complexity index is 428. The highest BCUT2D eigenvalue weighted by Gasteiger charge is 2.26. The predicted molar refractivity (Wildman–Crippen MR) is 76.2 cm³/mol. The molecule has 1 fully saturated rings. The Morgan fingerprint density at radius 3 is 2.32 bits per heavy atom. The maximum atomic E-state index is 5.98. The van der Waals surface area contributed by atoms with Crippen LogP contribution < -0.4 is 14.2 Å². The zero-order chi connectivity index (χ0) is 14.0. The molecule has 0 radical (unpaired) electrons. The molecule has 1 aliphatic rings. The minimum atomic E-state index is -0.252. The average Bonchev–Trinajstić information content (AvgIpc) is 3.02. The molecule has 0 N–H and O–H groups in total. The van der Waals surface area contributed by atoms with Gasteiger partial charge in [0, 0.05) is 6.07 Å². The van der Waals surface area contributed by atoms with Crippen molar-refractivity contribution in [3.63, 3.8) is 0 Å². The molecule has 1 aromatic carbocycles. The van der Waals surface area contributed by atoms with Crippen LogP contribution in [0.2, 0.25) is 0 Å². The third kappa shape index (κ3) is 4.66. The molecule has 0 spiro atoms. The van der Waals surface area contributed by atoms with Gasteiger partial charge >= 0.3 is 0 Å². The minimum Gasteiger partial charge on any atom is -0.491 e. The van der Waals surface area contributed by atoms with E-state index in [1.54, 1.807) is 0 Å². The summed E-state index contributed by atoms with van der Waals surface area (Å²) in [7, 11) is 0. The molecule has 0 aromatic heterocycles. The molecule has 0 bridgehead atoms. The maximum Gasteiger partial charge on any atom is 0.165 e. The van der Waals surface area contributed by atoms with Gasteiger partial charge in [-0.05, 0) is 59.6 Å². The van der Waals surface area contributed by atoms with E-state index in [0.29, 0.717) is 6.10 Å². The summed E-state index contributed by atoms with van der Waals surface area (Å²) < 4.78 is 17.6. The molecule has 1 aromatic rings. The van der Waals surface area contributed by atoms with Crippen molar-refractivity contribution >= 4 is 0 Å². The van der Waals surface area contributed by atoms with Gasteiger partial charge in [0.25, 0.3) is 0 Å². The van der Waals surface area contributed by atoms with E-state index in [1.165, 1.54) is 0 Å². The van der Waals surface area contributed by atoms with Crippen LogP contribution in [0, 0.1) is 0 Å². The van der Waals surface area contributed by atoms with Gasteiger partial charge < -0.3 is 14.2 Å². The predicted octanol–water partition coefficient (Wildman–Crippen LogP) is 4.19. The molecule has 0 unspecified atom stereocenters. The summed E-state index contributed by atoms with van der Waals surface area (Å²) in [6.07, 6.45) is 2.79. The van der Waals surface area contributed by atoms with E-state index in [4.69, 9.17) is 14.2 Å². The molecule has 0 atom stereocenters. The smallest absolute Gasteiger partial charge is 0.165 e. The van der Waals surface area contributed by atoms with Crippen LogP contribution in [0.25, 0.3) is 0 Å². The Balaban J connectivity index is 2.20. The molecule has 3 heteroatoms.